The van der Waals surface area contributed by atoms with Crippen molar-refractivity contribution in [1.29, 1.82) is 0 Å². The lowest BCUT2D eigenvalue weighted by atomic mass is 10.0. The Morgan fingerprint density at radius 2 is 1.78 bits per heavy atom. The van der Waals surface area contributed by atoms with E-state index in [9.17, 15) is 4.79 Å². The van der Waals surface area contributed by atoms with Gasteiger partial charge in [0.2, 0.25) is 0 Å². The molecule has 0 saturated carbocycles. The summed E-state index contributed by atoms with van der Waals surface area (Å²) < 4.78 is 5.44. The molecular formula is C16H25Cl2N3O2. The maximum absolute atomic E-state index is 12.4. The highest BCUT2D eigenvalue weighted by Gasteiger charge is 2.31. The zero-order valence-electron chi connectivity index (χ0n) is 13.4. The summed E-state index contributed by atoms with van der Waals surface area (Å²) in [5.74, 6) is 0.132. The van der Waals surface area contributed by atoms with Crippen molar-refractivity contribution in [3.8, 4) is 0 Å². The Balaban J connectivity index is 0.00000132. The van der Waals surface area contributed by atoms with Crippen LogP contribution in [-0.2, 0) is 4.74 Å². The van der Waals surface area contributed by atoms with Crippen LogP contribution in [0.15, 0.2) is 24.5 Å². The summed E-state index contributed by atoms with van der Waals surface area (Å²) in [4.78, 5) is 20.9. The number of ether oxygens (including phenoxy) is 1. The third-order valence-corrected chi connectivity index (χ3v) is 4.71. The van der Waals surface area contributed by atoms with Gasteiger partial charge in [-0.2, -0.15) is 0 Å². The Morgan fingerprint density at radius 1 is 1.13 bits per heavy atom. The normalized spacial score (nSPS) is 22.3. The van der Waals surface area contributed by atoms with Gasteiger partial charge >= 0.3 is 0 Å². The van der Waals surface area contributed by atoms with Gasteiger partial charge in [-0.3, -0.25) is 14.7 Å². The summed E-state index contributed by atoms with van der Waals surface area (Å²) in [6, 6.07) is 4.18. The fourth-order valence-electron chi connectivity index (χ4n) is 3.39. The van der Waals surface area contributed by atoms with Gasteiger partial charge < -0.3 is 9.64 Å². The molecular weight excluding hydrogens is 337 g/mol. The molecule has 7 heteroatoms. The fraction of sp³-hybridized carbons (Fsp3) is 0.625. The quantitative estimate of drug-likeness (QED) is 0.828. The summed E-state index contributed by atoms with van der Waals surface area (Å²) >= 11 is 0. The second-order valence-corrected chi connectivity index (χ2v) is 5.90. The van der Waals surface area contributed by atoms with Crippen LogP contribution in [0.5, 0.6) is 0 Å². The number of likely N-dealkylation sites (tertiary alicyclic amines) is 2. The van der Waals surface area contributed by atoms with Crippen LogP contribution in [0.25, 0.3) is 0 Å². The lowest BCUT2D eigenvalue weighted by molar-refractivity contribution is 0.0603. The minimum Gasteiger partial charge on any atom is -0.380 e. The van der Waals surface area contributed by atoms with Gasteiger partial charge in [0.15, 0.2) is 0 Å². The molecule has 2 aliphatic rings. The molecule has 3 rings (SSSR count). The number of carbonyl (C=O) groups is 1. The molecule has 5 nitrogen and oxygen atoms in total. The Bertz CT molecular complexity index is 481. The number of hydrogen-bond acceptors (Lipinski definition) is 4. The first-order valence-corrected chi connectivity index (χ1v) is 7.74. The molecule has 2 aliphatic heterocycles. The molecule has 0 radical (unpaired) electrons. The van der Waals surface area contributed by atoms with Crippen LogP contribution in [0.1, 0.15) is 29.6 Å². The molecule has 0 aliphatic carbocycles. The molecule has 0 bridgehead atoms. The zero-order chi connectivity index (χ0) is 14.7. The highest BCUT2D eigenvalue weighted by atomic mass is 35.5. The van der Waals surface area contributed by atoms with E-state index >= 15 is 0 Å². The molecule has 0 spiro atoms. The molecule has 2 saturated heterocycles. The number of nitrogens with zero attached hydrogens (tertiary/aromatic N) is 3. The highest BCUT2D eigenvalue weighted by molar-refractivity contribution is 5.94. The van der Waals surface area contributed by atoms with E-state index in [-0.39, 0.29) is 30.7 Å². The fourth-order valence-corrected chi connectivity index (χ4v) is 3.39. The van der Waals surface area contributed by atoms with Crippen molar-refractivity contribution in [2.75, 3.05) is 33.3 Å². The molecule has 23 heavy (non-hydrogen) atoms. The second-order valence-electron chi connectivity index (χ2n) is 5.90. The van der Waals surface area contributed by atoms with Crippen molar-refractivity contribution < 1.29 is 9.53 Å². The van der Waals surface area contributed by atoms with Gasteiger partial charge in [-0.05, 0) is 31.4 Å². The summed E-state index contributed by atoms with van der Waals surface area (Å²) in [5.41, 5.74) is 0.740. The number of carbonyl (C=O) groups excluding carboxylic acids is 1. The van der Waals surface area contributed by atoms with Crippen LogP contribution in [-0.4, -0.2) is 66.1 Å². The lowest BCUT2D eigenvalue weighted by Crippen LogP contribution is -2.46. The second kappa shape index (κ2) is 9.42. The number of halogens is 2. The SMILES string of the molecule is COC1CCN(C2CCN(C(=O)c3ccncc3)CC2)C1.Cl.Cl. The predicted molar refractivity (Wildman–Crippen MR) is 94.6 cm³/mol. The summed E-state index contributed by atoms with van der Waals surface area (Å²) in [7, 11) is 1.80. The zero-order valence-corrected chi connectivity index (χ0v) is 15.0. The lowest BCUT2D eigenvalue weighted by Gasteiger charge is -2.36. The maximum Gasteiger partial charge on any atom is 0.253 e. The van der Waals surface area contributed by atoms with Crippen molar-refractivity contribution in [3.63, 3.8) is 0 Å². The van der Waals surface area contributed by atoms with Gasteiger partial charge in [0.25, 0.3) is 5.91 Å². The molecule has 2 fully saturated rings. The van der Waals surface area contributed by atoms with Gasteiger partial charge in [-0.1, -0.05) is 0 Å². The number of hydrogen-bond donors (Lipinski definition) is 0. The number of amides is 1. The molecule has 1 atom stereocenters. The minimum atomic E-state index is 0. The molecule has 1 aromatic heterocycles. The summed E-state index contributed by atoms with van der Waals surface area (Å²) in [5, 5.41) is 0. The number of piperidine rings is 1. The number of methoxy groups -OCH3 is 1. The van der Waals surface area contributed by atoms with Crippen LogP contribution < -0.4 is 0 Å². The number of pyridine rings is 1. The molecule has 0 N–H and O–H groups in total. The topological polar surface area (TPSA) is 45.7 Å². The number of aromatic nitrogens is 1. The van der Waals surface area contributed by atoms with E-state index in [0.29, 0.717) is 12.1 Å². The first kappa shape index (κ1) is 20.2. The summed E-state index contributed by atoms with van der Waals surface area (Å²) in [6.45, 7) is 3.86. The largest absolute Gasteiger partial charge is 0.380 e. The van der Waals surface area contributed by atoms with Gasteiger partial charge in [-0.15, -0.1) is 24.8 Å². The van der Waals surface area contributed by atoms with Crippen molar-refractivity contribution in [3.05, 3.63) is 30.1 Å². The monoisotopic (exact) mass is 361 g/mol. The van der Waals surface area contributed by atoms with Crippen molar-refractivity contribution in [1.82, 2.24) is 14.8 Å². The molecule has 0 aromatic carbocycles. The third-order valence-electron chi connectivity index (χ3n) is 4.71. The molecule has 1 aromatic rings. The molecule has 130 valence electrons. The number of rotatable bonds is 3. The van der Waals surface area contributed by atoms with Gasteiger partial charge in [0.05, 0.1) is 6.10 Å². The van der Waals surface area contributed by atoms with Crippen LogP contribution in [0.2, 0.25) is 0 Å². The van der Waals surface area contributed by atoms with E-state index < -0.39 is 0 Å². The minimum absolute atomic E-state index is 0. The van der Waals surface area contributed by atoms with Gasteiger partial charge in [0, 0.05) is 57.3 Å². The first-order valence-electron chi connectivity index (χ1n) is 7.74. The van der Waals surface area contributed by atoms with Crippen LogP contribution in [0.4, 0.5) is 0 Å². The van der Waals surface area contributed by atoms with Crippen LogP contribution >= 0.6 is 24.8 Å². The van der Waals surface area contributed by atoms with Crippen molar-refractivity contribution in [2.45, 2.75) is 31.4 Å². The Labute approximate surface area is 150 Å². The average molecular weight is 362 g/mol. The van der Waals surface area contributed by atoms with Crippen molar-refractivity contribution >= 4 is 30.7 Å². The Hall–Kier alpha value is -0.880. The van der Waals surface area contributed by atoms with Crippen LogP contribution in [0.3, 0.4) is 0 Å². The predicted octanol–water partition coefficient (Wildman–Crippen LogP) is 2.25. The Kier molecular flexibility index (Phi) is 8.26. The average Bonchev–Trinajstić information content (AvgIpc) is 3.04. The van der Waals surface area contributed by atoms with Gasteiger partial charge in [0.1, 0.15) is 0 Å². The summed E-state index contributed by atoms with van der Waals surface area (Å²) in [6.07, 6.45) is 7.00. The van der Waals surface area contributed by atoms with E-state index in [4.69, 9.17) is 4.74 Å². The smallest absolute Gasteiger partial charge is 0.253 e. The molecule has 1 amide bonds. The van der Waals surface area contributed by atoms with E-state index in [0.717, 1.165) is 51.0 Å². The first-order chi connectivity index (χ1) is 10.3. The van der Waals surface area contributed by atoms with Gasteiger partial charge in [-0.25, -0.2) is 0 Å². The van der Waals surface area contributed by atoms with Crippen molar-refractivity contribution in [2.24, 2.45) is 0 Å². The standard InChI is InChI=1S/C16H23N3O2.2ClH/c1-21-15-6-11-19(12-15)14-4-9-18(10-5-14)16(20)13-2-7-17-8-3-13;;/h2-3,7-8,14-15H,4-6,9-12H2,1H3;2*1H. The highest BCUT2D eigenvalue weighted by Crippen LogP contribution is 2.23. The van der Waals surface area contributed by atoms with Crippen LogP contribution in [0, 0.1) is 0 Å². The van der Waals surface area contributed by atoms with E-state index in [1.54, 1.807) is 31.6 Å². The van der Waals surface area contributed by atoms with E-state index in [1.807, 2.05) is 4.90 Å². The van der Waals surface area contributed by atoms with E-state index in [2.05, 4.69) is 9.88 Å². The Morgan fingerprint density at radius 3 is 2.35 bits per heavy atom. The molecule has 1 unspecified atom stereocenters. The van der Waals surface area contributed by atoms with E-state index in [1.165, 1.54) is 0 Å². The molecule has 3 heterocycles. The maximum atomic E-state index is 12.4. The third kappa shape index (κ3) is 4.80.